The number of aryl methyl sites for hydroxylation is 1. The number of thiocarbonyl (C=S) groups is 1. The molecule has 0 radical (unpaired) electrons. The molecule has 19 heavy (non-hydrogen) atoms. The summed E-state index contributed by atoms with van der Waals surface area (Å²) in [6, 6.07) is 4.18. The smallest absolute Gasteiger partial charge is 0.0823 e. The molecule has 1 saturated heterocycles. The first-order valence-electron chi connectivity index (χ1n) is 6.78. The summed E-state index contributed by atoms with van der Waals surface area (Å²) < 4.78 is 5.31. The second kappa shape index (κ2) is 7.53. The Balaban J connectivity index is 1.73. The quantitative estimate of drug-likeness (QED) is 0.825. The molecular weight excluding hydrogens is 258 g/mol. The maximum Gasteiger partial charge on any atom is 0.0823 e. The van der Waals surface area contributed by atoms with Crippen molar-refractivity contribution in [1.29, 1.82) is 0 Å². The normalized spacial score (nSPS) is 16.3. The Morgan fingerprint density at radius 1 is 1.42 bits per heavy atom. The minimum absolute atomic E-state index is 0.712. The van der Waals surface area contributed by atoms with Crippen LogP contribution in [0.2, 0.25) is 0 Å². The van der Waals surface area contributed by atoms with E-state index in [0.29, 0.717) is 6.42 Å². The number of aromatic nitrogens is 1. The molecule has 1 aromatic heterocycles. The van der Waals surface area contributed by atoms with Crippen LogP contribution in [0.4, 0.5) is 0 Å². The van der Waals surface area contributed by atoms with Gasteiger partial charge in [-0.15, -0.1) is 0 Å². The Morgan fingerprint density at radius 2 is 2.21 bits per heavy atom. The van der Waals surface area contributed by atoms with E-state index in [9.17, 15) is 0 Å². The summed E-state index contributed by atoms with van der Waals surface area (Å²) in [5.41, 5.74) is 2.28. The highest BCUT2D eigenvalue weighted by Gasteiger charge is 2.10. The van der Waals surface area contributed by atoms with E-state index in [1.807, 2.05) is 6.20 Å². The lowest BCUT2D eigenvalue weighted by Crippen LogP contribution is -2.43. The van der Waals surface area contributed by atoms with Crippen LogP contribution in [-0.4, -0.2) is 47.8 Å². The van der Waals surface area contributed by atoms with Crippen LogP contribution in [0.5, 0.6) is 0 Å². The number of hydrogen-bond acceptors (Lipinski definition) is 4. The predicted molar refractivity (Wildman–Crippen MR) is 80.3 cm³/mol. The third-order valence-corrected chi connectivity index (χ3v) is 3.53. The van der Waals surface area contributed by atoms with Crippen molar-refractivity contribution in [1.82, 2.24) is 15.2 Å². The lowest BCUT2D eigenvalue weighted by atomic mass is 10.2. The number of pyridine rings is 1. The molecule has 1 fully saturated rings. The average Bonchev–Trinajstić information content (AvgIpc) is 2.47. The van der Waals surface area contributed by atoms with E-state index in [-0.39, 0.29) is 0 Å². The predicted octanol–water partition coefficient (Wildman–Crippen LogP) is 1.39. The summed E-state index contributed by atoms with van der Waals surface area (Å²) in [6.45, 7) is 6.50. The van der Waals surface area contributed by atoms with Crippen molar-refractivity contribution in [2.24, 2.45) is 0 Å². The standard InChI is InChI=1S/C14H21N3OS/c1-2-12-3-4-13(15-10-12)9-14(19)16-11-17-5-7-18-8-6-17/h3-4,10H,2,5-9,11H2,1H3,(H,16,19). The Kier molecular flexibility index (Phi) is 5.69. The van der Waals surface area contributed by atoms with E-state index in [1.54, 1.807) is 0 Å². The van der Waals surface area contributed by atoms with Crippen molar-refractivity contribution in [3.63, 3.8) is 0 Å². The molecular formula is C14H21N3OS. The van der Waals surface area contributed by atoms with Crippen LogP contribution in [0.25, 0.3) is 0 Å². The van der Waals surface area contributed by atoms with E-state index in [2.05, 4.69) is 34.3 Å². The molecule has 1 aliphatic rings. The lowest BCUT2D eigenvalue weighted by molar-refractivity contribution is 0.0367. The first-order valence-corrected chi connectivity index (χ1v) is 7.19. The van der Waals surface area contributed by atoms with E-state index in [0.717, 1.165) is 50.1 Å². The molecule has 0 unspecified atom stereocenters. The van der Waals surface area contributed by atoms with Gasteiger partial charge in [0.05, 0.1) is 24.9 Å². The van der Waals surface area contributed by atoms with E-state index in [1.165, 1.54) is 5.56 Å². The molecule has 2 rings (SSSR count). The number of ether oxygens (including phenoxy) is 1. The summed E-state index contributed by atoms with van der Waals surface area (Å²) in [7, 11) is 0. The van der Waals surface area contributed by atoms with Crippen molar-refractivity contribution >= 4 is 17.2 Å². The molecule has 0 aliphatic carbocycles. The van der Waals surface area contributed by atoms with Crippen molar-refractivity contribution in [2.45, 2.75) is 19.8 Å². The molecule has 0 aromatic carbocycles. The first-order chi connectivity index (χ1) is 9.28. The van der Waals surface area contributed by atoms with Crippen LogP contribution in [-0.2, 0) is 17.6 Å². The summed E-state index contributed by atoms with van der Waals surface area (Å²) in [5.74, 6) is 0. The van der Waals surface area contributed by atoms with Crippen LogP contribution in [0.1, 0.15) is 18.2 Å². The highest BCUT2D eigenvalue weighted by atomic mass is 32.1. The largest absolute Gasteiger partial charge is 0.379 e. The zero-order valence-corrected chi connectivity index (χ0v) is 12.2. The summed E-state index contributed by atoms with van der Waals surface area (Å²) in [4.78, 5) is 7.58. The fourth-order valence-electron chi connectivity index (χ4n) is 1.96. The van der Waals surface area contributed by atoms with Crippen LogP contribution >= 0.6 is 12.2 Å². The SMILES string of the molecule is CCc1ccc(CC(=S)NCN2CCOCC2)nc1. The molecule has 0 amide bonds. The second-order valence-corrected chi connectivity index (χ2v) is 5.17. The molecule has 1 aromatic rings. The maximum atomic E-state index is 5.36. The van der Waals surface area contributed by atoms with Gasteiger partial charge in [-0.1, -0.05) is 25.2 Å². The molecule has 0 bridgehead atoms. The number of nitrogens with zero attached hydrogens (tertiary/aromatic N) is 2. The third kappa shape index (κ3) is 4.86. The van der Waals surface area contributed by atoms with Crippen molar-refractivity contribution in [2.75, 3.05) is 33.0 Å². The van der Waals surface area contributed by atoms with Gasteiger partial charge in [-0.25, -0.2) is 0 Å². The van der Waals surface area contributed by atoms with Gasteiger partial charge in [0.2, 0.25) is 0 Å². The van der Waals surface area contributed by atoms with E-state index < -0.39 is 0 Å². The van der Waals surface area contributed by atoms with Crippen LogP contribution in [0.3, 0.4) is 0 Å². The van der Waals surface area contributed by atoms with E-state index in [4.69, 9.17) is 17.0 Å². The monoisotopic (exact) mass is 279 g/mol. The number of rotatable bonds is 5. The molecule has 4 nitrogen and oxygen atoms in total. The number of morpholine rings is 1. The Labute approximate surface area is 120 Å². The second-order valence-electron chi connectivity index (χ2n) is 4.68. The maximum absolute atomic E-state index is 5.36. The highest BCUT2D eigenvalue weighted by Crippen LogP contribution is 2.02. The number of hydrogen-bond donors (Lipinski definition) is 1. The summed E-state index contributed by atoms with van der Waals surface area (Å²) in [6.07, 6.45) is 3.66. The lowest BCUT2D eigenvalue weighted by Gasteiger charge is -2.27. The fourth-order valence-corrected chi connectivity index (χ4v) is 2.17. The van der Waals surface area contributed by atoms with E-state index >= 15 is 0 Å². The number of nitrogens with one attached hydrogen (secondary N) is 1. The van der Waals surface area contributed by atoms with Gasteiger partial charge in [0.1, 0.15) is 0 Å². The van der Waals surface area contributed by atoms with Crippen molar-refractivity contribution in [3.05, 3.63) is 29.6 Å². The molecule has 104 valence electrons. The minimum atomic E-state index is 0.712. The Bertz CT molecular complexity index is 402. The summed E-state index contributed by atoms with van der Waals surface area (Å²) in [5, 5.41) is 3.29. The van der Waals surface area contributed by atoms with Gasteiger partial charge in [0, 0.05) is 31.4 Å². The van der Waals surface area contributed by atoms with Gasteiger partial charge in [0.15, 0.2) is 0 Å². The van der Waals surface area contributed by atoms with Crippen LogP contribution in [0, 0.1) is 0 Å². The van der Waals surface area contributed by atoms with Gasteiger partial charge in [0.25, 0.3) is 0 Å². The van der Waals surface area contributed by atoms with Gasteiger partial charge >= 0.3 is 0 Å². The summed E-state index contributed by atoms with van der Waals surface area (Å²) >= 11 is 5.36. The Morgan fingerprint density at radius 3 is 2.84 bits per heavy atom. The molecule has 0 atom stereocenters. The van der Waals surface area contributed by atoms with Crippen molar-refractivity contribution in [3.8, 4) is 0 Å². The first kappa shape index (κ1) is 14.4. The zero-order valence-electron chi connectivity index (χ0n) is 11.4. The van der Waals surface area contributed by atoms with Crippen molar-refractivity contribution < 1.29 is 4.74 Å². The third-order valence-electron chi connectivity index (χ3n) is 3.24. The van der Waals surface area contributed by atoms with Gasteiger partial charge < -0.3 is 10.1 Å². The minimum Gasteiger partial charge on any atom is -0.379 e. The molecule has 0 saturated carbocycles. The molecule has 5 heteroatoms. The molecule has 1 N–H and O–H groups in total. The van der Waals surface area contributed by atoms with Crippen LogP contribution in [0.15, 0.2) is 18.3 Å². The fraction of sp³-hybridized carbons (Fsp3) is 0.571. The molecule has 2 heterocycles. The van der Waals surface area contributed by atoms with Gasteiger partial charge in [-0.05, 0) is 18.1 Å². The average molecular weight is 279 g/mol. The van der Waals surface area contributed by atoms with Gasteiger partial charge in [-0.2, -0.15) is 0 Å². The molecule has 1 aliphatic heterocycles. The highest BCUT2D eigenvalue weighted by molar-refractivity contribution is 7.80. The topological polar surface area (TPSA) is 37.4 Å². The van der Waals surface area contributed by atoms with Gasteiger partial charge in [-0.3, -0.25) is 9.88 Å². The Hall–Kier alpha value is -1.04. The zero-order chi connectivity index (χ0) is 13.5. The van der Waals surface area contributed by atoms with Crippen LogP contribution < -0.4 is 5.32 Å². The molecule has 0 spiro atoms.